The number of hydrogen-bond acceptors (Lipinski definition) is 0. The van der Waals surface area contributed by atoms with Crippen LogP contribution in [0.15, 0.2) is 30.8 Å². The summed E-state index contributed by atoms with van der Waals surface area (Å²) >= 11 is 0. The summed E-state index contributed by atoms with van der Waals surface area (Å²) in [6, 6.07) is 6.27. The number of hydrogen-bond donors (Lipinski definition) is 0. The Morgan fingerprint density at radius 2 is 2.08 bits per heavy atom. The monoisotopic (exact) mass is 168 g/mol. The number of alkyl halides is 2. The third-order valence-electron chi connectivity index (χ3n) is 1.63. The maximum atomic E-state index is 12.2. The third-order valence-corrected chi connectivity index (χ3v) is 1.63. The fourth-order valence-corrected chi connectivity index (χ4v) is 0.940. The lowest BCUT2D eigenvalue weighted by Crippen LogP contribution is -1.85. The highest BCUT2D eigenvalue weighted by molar-refractivity contribution is 5.61. The van der Waals surface area contributed by atoms with Crippen molar-refractivity contribution in [2.45, 2.75) is 13.3 Å². The van der Waals surface area contributed by atoms with E-state index in [0.717, 1.165) is 11.1 Å². The van der Waals surface area contributed by atoms with Crippen LogP contribution in [0.3, 0.4) is 0 Å². The lowest BCUT2D eigenvalue weighted by molar-refractivity contribution is 0.151. The molecule has 1 aromatic carbocycles. The van der Waals surface area contributed by atoms with E-state index in [1.807, 2.05) is 0 Å². The van der Waals surface area contributed by atoms with Crippen LogP contribution in [0, 0.1) is 0 Å². The molecule has 1 rings (SSSR count). The second kappa shape index (κ2) is 3.48. The summed E-state index contributed by atoms with van der Waals surface area (Å²) in [6.07, 6.45) is -2.40. The summed E-state index contributed by atoms with van der Waals surface area (Å²) in [5.41, 5.74) is 1.63. The summed E-state index contributed by atoms with van der Waals surface area (Å²) in [5.74, 6) is 0. The van der Waals surface area contributed by atoms with Crippen molar-refractivity contribution in [2.75, 3.05) is 0 Å². The van der Waals surface area contributed by atoms with Gasteiger partial charge in [-0.2, -0.15) is 0 Å². The van der Waals surface area contributed by atoms with Crippen LogP contribution in [-0.4, -0.2) is 0 Å². The highest BCUT2D eigenvalue weighted by atomic mass is 19.3. The minimum atomic E-state index is -2.40. The third kappa shape index (κ3) is 1.91. The van der Waals surface area contributed by atoms with Crippen molar-refractivity contribution in [3.05, 3.63) is 42.0 Å². The van der Waals surface area contributed by atoms with E-state index in [4.69, 9.17) is 0 Å². The molecule has 0 heterocycles. The van der Waals surface area contributed by atoms with Gasteiger partial charge in [0, 0.05) is 5.56 Å². The van der Waals surface area contributed by atoms with Gasteiger partial charge in [-0.15, -0.1) is 0 Å². The van der Waals surface area contributed by atoms with Gasteiger partial charge in [0.25, 0.3) is 6.43 Å². The lowest BCUT2D eigenvalue weighted by Gasteiger charge is -2.02. The molecule has 0 N–H and O–H groups in total. The van der Waals surface area contributed by atoms with Crippen molar-refractivity contribution in [3.63, 3.8) is 0 Å². The van der Waals surface area contributed by atoms with E-state index >= 15 is 0 Å². The largest absolute Gasteiger partial charge is 0.263 e. The average molecular weight is 168 g/mol. The first-order chi connectivity index (χ1) is 5.61. The van der Waals surface area contributed by atoms with Crippen LogP contribution in [0.1, 0.15) is 24.5 Å². The molecule has 0 aliphatic rings. The highest BCUT2D eigenvalue weighted by Crippen LogP contribution is 2.21. The first-order valence-corrected chi connectivity index (χ1v) is 3.65. The van der Waals surface area contributed by atoms with Gasteiger partial charge in [0.15, 0.2) is 0 Å². The van der Waals surface area contributed by atoms with Crippen molar-refractivity contribution in [2.24, 2.45) is 0 Å². The average Bonchev–Trinajstić information content (AvgIpc) is 2.04. The van der Waals surface area contributed by atoms with Crippen LogP contribution < -0.4 is 0 Å². The predicted octanol–water partition coefficient (Wildman–Crippen LogP) is 3.66. The van der Waals surface area contributed by atoms with E-state index < -0.39 is 6.43 Å². The Morgan fingerprint density at radius 3 is 2.58 bits per heavy atom. The van der Waals surface area contributed by atoms with Crippen molar-refractivity contribution in [1.29, 1.82) is 0 Å². The fourth-order valence-electron chi connectivity index (χ4n) is 0.940. The smallest absolute Gasteiger partial charge is 0.205 e. The summed E-state index contributed by atoms with van der Waals surface area (Å²) in [5, 5.41) is 0. The molecule has 0 bridgehead atoms. The topological polar surface area (TPSA) is 0 Å². The van der Waals surface area contributed by atoms with Crippen LogP contribution in [-0.2, 0) is 0 Å². The van der Waals surface area contributed by atoms with Crippen molar-refractivity contribution < 1.29 is 8.78 Å². The van der Waals surface area contributed by atoms with Gasteiger partial charge in [0.2, 0.25) is 0 Å². The zero-order chi connectivity index (χ0) is 9.14. The Hall–Kier alpha value is -1.18. The van der Waals surface area contributed by atoms with Gasteiger partial charge < -0.3 is 0 Å². The summed E-state index contributed by atoms with van der Waals surface area (Å²) in [6.45, 7) is 5.48. The first kappa shape index (κ1) is 8.91. The standard InChI is InChI=1S/C10H10F2/c1-7(2)8-4-3-5-9(6-8)10(11)12/h3-6,10H,1H2,2H3. The van der Waals surface area contributed by atoms with Crippen LogP contribution in [0.5, 0.6) is 0 Å². The summed E-state index contributed by atoms with van der Waals surface area (Å²) < 4.78 is 24.4. The molecule has 12 heavy (non-hydrogen) atoms. The van der Waals surface area contributed by atoms with E-state index in [0.29, 0.717) is 0 Å². The maximum absolute atomic E-state index is 12.2. The molecule has 0 fully saturated rings. The zero-order valence-electron chi connectivity index (χ0n) is 6.85. The molecule has 0 spiro atoms. The number of allylic oxidation sites excluding steroid dienone is 1. The van der Waals surface area contributed by atoms with Crippen LogP contribution >= 0.6 is 0 Å². The molecule has 0 nitrogen and oxygen atoms in total. The number of rotatable bonds is 2. The summed E-state index contributed by atoms with van der Waals surface area (Å²) in [7, 11) is 0. The van der Waals surface area contributed by atoms with Gasteiger partial charge in [0.05, 0.1) is 0 Å². The van der Waals surface area contributed by atoms with Gasteiger partial charge in [-0.1, -0.05) is 30.4 Å². The molecule has 0 aromatic heterocycles. The molecular formula is C10H10F2. The molecule has 0 aliphatic carbocycles. The minimum absolute atomic E-state index is 0.0514. The zero-order valence-corrected chi connectivity index (χ0v) is 6.85. The number of halogens is 2. The molecule has 0 amide bonds. The molecule has 0 atom stereocenters. The Kier molecular flexibility index (Phi) is 2.58. The van der Waals surface area contributed by atoms with Gasteiger partial charge in [-0.25, -0.2) is 8.78 Å². The lowest BCUT2D eigenvalue weighted by atomic mass is 10.1. The molecule has 2 heteroatoms. The molecule has 0 unspecified atom stereocenters. The Balaban J connectivity index is 3.04. The second-order valence-corrected chi connectivity index (χ2v) is 2.71. The van der Waals surface area contributed by atoms with Crippen molar-refractivity contribution in [3.8, 4) is 0 Å². The van der Waals surface area contributed by atoms with Gasteiger partial charge in [-0.05, 0) is 18.6 Å². The van der Waals surface area contributed by atoms with Crippen molar-refractivity contribution in [1.82, 2.24) is 0 Å². The van der Waals surface area contributed by atoms with E-state index in [1.165, 1.54) is 12.1 Å². The second-order valence-electron chi connectivity index (χ2n) is 2.71. The van der Waals surface area contributed by atoms with Gasteiger partial charge in [0.1, 0.15) is 0 Å². The highest BCUT2D eigenvalue weighted by Gasteiger charge is 2.06. The van der Waals surface area contributed by atoms with E-state index in [9.17, 15) is 8.78 Å². The van der Waals surface area contributed by atoms with Crippen LogP contribution in [0.4, 0.5) is 8.78 Å². The molecule has 0 saturated heterocycles. The van der Waals surface area contributed by atoms with Gasteiger partial charge in [-0.3, -0.25) is 0 Å². The molecule has 0 aliphatic heterocycles. The molecular weight excluding hydrogens is 158 g/mol. The van der Waals surface area contributed by atoms with E-state index in [2.05, 4.69) is 6.58 Å². The number of benzene rings is 1. The quantitative estimate of drug-likeness (QED) is 0.632. The maximum Gasteiger partial charge on any atom is 0.263 e. The predicted molar refractivity (Wildman–Crippen MR) is 46.1 cm³/mol. The Morgan fingerprint density at radius 1 is 1.42 bits per heavy atom. The fraction of sp³-hybridized carbons (Fsp3) is 0.200. The SMILES string of the molecule is C=C(C)c1cccc(C(F)F)c1. The molecule has 0 saturated carbocycles. The minimum Gasteiger partial charge on any atom is -0.205 e. The summed E-state index contributed by atoms with van der Waals surface area (Å²) in [4.78, 5) is 0. The normalized spacial score (nSPS) is 10.3. The van der Waals surface area contributed by atoms with E-state index in [1.54, 1.807) is 19.1 Å². The molecule has 0 radical (unpaired) electrons. The first-order valence-electron chi connectivity index (χ1n) is 3.65. The van der Waals surface area contributed by atoms with Crippen molar-refractivity contribution >= 4 is 5.57 Å². The van der Waals surface area contributed by atoms with Crippen LogP contribution in [0.25, 0.3) is 5.57 Å². The molecule has 64 valence electrons. The van der Waals surface area contributed by atoms with Gasteiger partial charge >= 0.3 is 0 Å². The van der Waals surface area contributed by atoms with Crippen LogP contribution in [0.2, 0.25) is 0 Å². The Bertz CT molecular complexity index is 290. The Labute approximate surface area is 70.5 Å². The molecule has 1 aromatic rings. The van der Waals surface area contributed by atoms with E-state index in [-0.39, 0.29) is 5.56 Å².